The maximum absolute atomic E-state index is 4.24. The molecule has 2 rings (SSSR count). The van der Waals surface area contributed by atoms with Crippen LogP contribution < -0.4 is 5.32 Å². The lowest BCUT2D eigenvalue weighted by Gasteiger charge is -2.00. The number of rotatable bonds is 4. The fourth-order valence-electron chi connectivity index (χ4n) is 1.44. The summed E-state index contributed by atoms with van der Waals surface area (Å²) in [6.07, 6.45) is 5.24. The number of nitrogens with one attached hydrogen (secondary N) is 2. The summed E-state index contributed by atoms with van der Waals surface area (Å²) in [4.78, 5) is 15.4. The van der Waals surface area contributed by atoms with Crippen molar-refractivity contribution in [1.82, 2.24) is 25.3 Å². The van der Waals surface area contributed by atoms with Gasteiger partial charge in [0, 0.05) is 0 Å². The lowest BCUT2D eigenvalue weighted by molar-refractivity contribution is 0.716. The van der Waals surface area contributed by atoms with Crippen molar-refractivity contribution in [3.8, 4) is 0 Å². The quantitative estimate of drug-likeness (QED) is 0.691. The lowest BCUT2D eigenvalue weighted by Crippen LogP contribution is -2.09. The molecular formula is C9H13N5. The molecule has 2 aromatic rings. The van der Waals surface area contributed by atoms with Gasteiger partial charge in [0.15, 0.2) is 5.65 Å². The second-order valence-electron chi connectivity index (χ2n) is 3.13. The Balaban J connectivity index is 2.19. The predicted molar refractivity (Wildman–Crippen MR) is 53.9 cm³/mol. The van der Waals surface area contributed by atoms with Gasteiger partial charge in [-0.15, -0.1) is 0 Å². The van der Waals surface area contributed by atoms with Crippen molar-refractivity contribution in [3.05, 3.63) is 18.3 Å². The van der Waals surface area contributed by atoms with Crippen molar-refractivity contribution in [2.45, 2.75) is 12.8 Å². The first-order chi connectivity index (χ1) is 6.92. The van der Waals surface area contributed by atoms with E-state index in [1.807, 2.05) is 7.05 Å². The van der Waals surface area contributed by atoms with Crippen LogP contribution in [0.4, 0.5) is 0 Å². The molecule has 74 valence electrons. The number of fused-ring (bicyclic) bond motifs is 1. The zero-order valence-electron chi connectivity index (χ0n) is 8.12. The molecule has 14 heavy (non-hydrogen) atoms. The van der Waals surface area contributed by atoms with E-state index in [9.17, 15) is 0 Å². The second-order valence-corrected chi connectivity index (χ2v) is 3.13. The maximum Gasteiger partial charge on any atom is 0.180 e. The first-order valence-electron chi connectivity index (χ1n) is 4.69. The number of imidazole rings is 1. The van der Waals surface area contributed by atoms with E-state index in [4.69, 9.17) is 0 Å². The van der Waals surface area contributed by atoms with Gasteiger partial charge in [-0.3, -0.25) is 0 Å². The Hall–Kier alpha value is -1.49. The summed E-state index contributed by atoms with van der Waals surface area (Å²) < 4.78 is 0. The molecule has 2 N–H and O–H groups in total. The van der Waals surface area contributed by atoms with Crippen molar-refractivity contribution in [2.75, 3.05) is 13.6 Å². The monoisotopic (exact) mass is 191 g/mol. The number of aromatic nitrogens is 4. The van der Waals surface area contributed by atoms with Crippen molar-refractivity contribution >= 4 is 11.2 Å². The van der Waals surface area contributed by atoms with E-state index in [0.717, 1.165) is 36.2 Å². The highest BCUT2D eigenvalue weighted by molar-refractivity contribution is 5.71. The van der Waals surface area contributed by atoms with E-state index in [0.29, 0.717) is 0 Å². The summed E-state index contributed by atoms with van der Waals surface area (Å²) in [6, 6.07) is 0. The molecule has 5 heteroatoms. The van der Waals surface area contributed by atoms with Gasteiger partial charge in [-0.25, -0.2) is 15.0 Å². The van der Waals surface area contributed by atoms with Crippen molar-refractivity contribution in [1.29, 1.82) is 0 Å². The molecule has 0 aliphatic carbocycles. The van der Waals surface area contributed by atoms with Crippen molar-refractivity contribution < 1.29 is 0 Å². The summed E-state index contributed by atoms with van der Waals surface area (Å²) >= 11 is 0. The highest BCUT2D eigenvalue weighted by Gasteiger charge is 2.04. The van der Waals surface area contributed by atoms with Crippen LogP contribution in [-0.4, -0.2) is 33.5 Å². The Morgan fingerprint density at radius 3 is 3.14 bits per heavy atom. The topological polar surface area (TPSA) is 66.5 Å². The van der Waals surface area contributed by atoms with Crippen LogP contribution in [-0.2, 0) is 6.42 Å². The molecule has 0 saturated carbocycles. The predicted octanol–water partition coefficient (Wildman–Crippen LogP) is 0.505. The third-order valence-corrected chi connectivity index (χ3v) is 2.14. The molecule has 2 heterocycles. The molecule has 0 aromatic carbocycles. The number of aryl methyl sites for hydroxylation is 1. The molecule has 2 aromatic heterocycles. The van der Waals surface area contributed by atoms with Gasteiger partial charge < -0.3 is 10.3 Å². The van der Waals surface area contributed by atoms with Crippen LogP contribution in [0.1, 0.15) is 12.1 Å². The van der Waals surface area contributed by atoms with Gasteiger partial charge in [0.2, 0.25) is 0 Å². The summed E-state index contributed by atoms with van der Waals surface area (Å²) in [5.41, 5.74) is 2.76. The first-order valence-corrected chi connectivity index (χ1v) is 4.69. The molecule has 0 amide bonds. The molecule has 0 saturated heterocycles. The summed E-state index contributed by atoms with van der Waals surface area (Å²) in [7, 11) is 1.95. The Bertz CT molecular complexity index is 408. The average molecular weight is 191 g/mol. The van der Waals surface area contributed by atoms with Gasteiger partial charge in [-0.1, -0.05) is 0 Å². The van der Waals surface area contributed by atoms with Crippen molar-refractivity contribution in [3.63, 3.8) is 0 Å². The molecule has 0 unspecified atom stereocenters. The lowest BCUT2D eigenvalue weighted by atomic mass is 10.2. The standard InChI is InChI=1S/C9H13N5/c1-10-4-2-3-7-8-9(13-5-11-7)14-6-12-8/h5-6,10H,2-4H2,1H3,(H,11,12,13,14). The third-order valence-electron chi connectivity index (χ3n) is 2.14. The van der Waals surface area contributed by atoms with Crippen LogP contribution in [0.15, 0.2) is 12.7 Å². The van der Waals surface area contributed by atoms with Gasteiger partial charge in [0.05, 0.1) is 12.0 Å². The van der Waals surface area contributed by atoms with Crippen LogP contribution in [0.3, 0.4) is 0 Å². The van der Waals surface area contributed by atoms with E-state index in [2.05, 4.69) is 25.3 Å². The highest BCUT2D eigenvalue weighted by atomic mass is 15.0. The number of hydrogen-bond acceptors (Lipinski definition) is 4. The Morgan fingerprint density at radius 1 is 1.36 bits per heavy atom. The van der Waals surface area contributed by atoms with Crippen LogP contribution in [0.25, 0.3) is 11.2 Å². The Labute approximate surface area is 82.0 Å². The molecular weight excluding hydrogens is 178 g/mol. The van der Waals surface area contributed by atoms with Crippen LogP contribution in [0, 0.1) is 0 Å². The molecule has 5 nitrogen and oxygen atoms in total. The number of hydrogen-bond donors (Lipinski definition) is 2. The Morgan fingerprint density at radius 2 is 2.29 bits per heavy atom. The van der Waals surface area contributed by atoms with Crippen LogP contribution >= 0.6 is 0 Å². The smallest absolute Gasteiger partial charge is 0.180 e. The molecule has 0 bridgehead atoms. The van der Waals surface area contributed by atoms with E-state index in [-0.39, 0.29) is 0 Å². The van der Waals surface area contributed by atoms with E-state index < -0.39 is 0 Å². The van der Waals surface area contributed by atoms with E-state index in [1.54, 1.807) is 12.7 Å². The fraction of sp³-hybridized carbons (Fsp3) is 0.444. The highest BCUT2D eigenvalue weighted by Crippen LogP contribution is 2.10. The van der Waals surface area contributed by atoms with Gasteiger partial charge >= 0.3 is 0 Å². The number of nitrogens with zero attached hydrogens (tertiary/aromatic N) is 3. The van der Waals surface area contributed by atoms with Gasteiger partial charge in [-0.2, -0.15) is 0 Å². The zero-order valence-corrected chi connectivity index (χ0v) is 8.12. The summed E-state index contributed by atoms with van der Waals surface area (Å²) in [6.45, 7) is 1.000. The molecule has 0 fully saturated rings. The minimum absolute atomic E-state index is 0.749. The Kier molecular flexibility index (Phi) is 2.69. The van der Waals surface area contributed by atoms with Gasteiger partial charge in [-0.05, 0) is 26.4 Å². The van der Waals surface area contributed by atoms with Gasteiger partial charge in [0.25, 0.3) is 0 Å². The largest absolute Gasteiger partial charge is 0.342 e. The molecule has 0 atom stereocenters. The maximum atomic E-state index is 4.24. The molecule has 0 radical (unpaired) electrons. The molecule has 0 spiro atoms. The zero-order chi connectivity index (χ0) is 9.80. The molecule has 0 aliphatic heterocycles. The first kappa shape index (κ1) is 9.08. The number of H-pyrrole nitrogens is 1. The minimum Gasteiger partial charge on any atom is -0.342 e. The van der Waals surface area contributed by atoms with Gasteiger partial charge in [0.1, 0.15) is 11.8 Å². The van der Waals surface area contributed by atoms with Crippen molar-refractivity contribution in [2.24, 2.45) is 0 Å². The van der Waals surface area contributed by atoms with E-state index in [1.165, 1.54) is 0 Å². The minimum atomic E-state index is 0.749. The molecule has 0 aliphatic rings. The SMILES string of the molecule is CNCCCc1ncnc2nc[nH]c12. The normalized spacial score (nSPS) is 10.9. The van der Waals surface area contributed by atoms with Crippen LogP contribution in [0.5, 0.6) is 0 Å². The summed E-state index contributed by atoms with van der Waals surface area (Å²) in [5.74, 6) is 0. The second kappa shape index (κ2) is 4.15. The number of aromatic amines is 1. The van der Waals surface area contributed by atoms with E-state index >= 15 is 0 Å². The fourth-order valence-corrected chi connectivity index (χ4v) is 1.44. The average Bonchev–Trinajstić information content (AvgIpc) is 2.67. The summed E-state index contributed by atoms with van der Waals surface area (Å²) in [5, 5.41) is 3.11. The third kappa shape index (κ3) is 1.72. The van der Waals surface area contributed by atoms with Crippen LogP contribution in [0.2, 0.25) is 0 Å².